The molecule has 0 aliphatic rings. The van der Waals surface area contributed by atoms with Crippen LogP contribution in [0.15, 0.2) is 0 Å². The summed E-state index contributed by atoms with van der Waals surface area (Å²) in [7, 11) is -13.9. The minimum Gasteiger partial charge on any atom is -0.473 e. The van der Waals surface area contributed by atoms with Crippen LogP contribution >= 0.6 is 23.5 Å². The average Bonchev–Trinajstić information content (AvgIpc) is 2.42. The first-order valence-corrected chi connectivity index (χ1v) is 10.4. The summed E-state index contributed by atoms with van der Waals surface area (Å²) in [6, 6.07) is 0. The molecular formula is C6H15LiO24P3. The Hall–Kier alpha value is -2.25. The van der Waals surface area contributed by atoms with Crippen LogP contribution in [0.1, 0.15) is 0 Å². The smallest absolute Gasteiger partial charge is 0.466 e. The van der Waals surface area contributed by atoms with E-state index >= 15 is 0 Å². The number of phosphoric acid groups is 3. The van der Waals surface area contributed by atoms with Gasteiger partial charge in [0, 0.05) is 18.9 Å². The predicted octanol–water partition coefficient (Wildman–Crippen LogP) is -5.70. The van der Waals surface area contributed by atoms with Gasteiger partial charge in [0.1, 0.15) is 0 Å². The summed E-state index contributed by atoms with van der Waals surface area (Å²) in [5.74, 6) is -10.9. The van der Waals surface area contributed by atoms with E-state index in [-0.39, 0.29) is 18.9 Å². The number of carboxylic acids is 6. The van der Waals surface area contributed by atoms with Crippen LogP contribution < -0.4 is 0 Å². The molecule has 0 bridgehead atoms. The van der Waals surface area contributed by atoms with Gasteiger partial charge in [-0.2, -0.15) is 0 Å². The Labute approximate surface area is 195 Å². The van der Waals surface area contributed by atoms with Gasteiger partial charge in [0.2, 0.25) is 0 Å². The summed E-state index contributed by atoms with van der Waals surface area (Å²) in [4.78, 5) is 119. The molecule has 0 heterocycles. The topological polar surface area (TPSA) is 457 Å². The Morgan fingerprint density at radius 2 is 0.353 bits per heavy atom. The van der Waals surface area contributed by atoms with E-state index < -0.39 is 59.3 Å². The first kappa shape index (κ1) is 49.0. The van der Waals surface area contributed by atoms with Gasteiger partial charge in [0.05, 0.1) is 0 Å². The number of hydrogen-bond donors (Lipinski definition) is 15. The summed E-state index contributed by atoms with van der Waals surface area (Å²) < 4.78 is 26.6. The van der Waals surface area contributed by atoms with Gasteiger partial charge in [-0.1, -0.05) is 0 Å². The quantitative estimate of drug-likeness (QED) is 0.0731. The Balaban J connectivity index is -0.0000000513. The molecule has 0 aromatic heterocycles. The largest absolute Gasteiger partial charge is 0.473 e. The SMILES string of the molecule is O=C(O)C(=O)O.O=C(O)C(=O)O.O=C(O)C(=O)O.O=P(O)(O)O.O=P(O)(O)O.O=P(O)(O)O.[Li]. The maximum atomic E-state index is 9.10. The fraction of sp³-hybridized carbons (Fsp3) is 0. The fourth-order valence-electron chi connectivity index (χ4n) is 0. The van der Waals surface area contributed by atoms with E-state index in [4.69, 9.17) is 117 Å². The van der Waals surface area contributed by atoms with Crippen LogP contribution in [0.5, 0.6) is 0 Å². The van der Waals surface area contributed by atoms with Gasteiger partial charge in [-0.05, 0) is 0 Å². The van der Waals surface area contributed by atoms with Crippen molar-refractivity contribution >= 4 is 78.1 Å². The molecule has 0 aliphatic carbocycles. The molecule has 0 rings (SSSR count). The third-order valence-electron chi connectivity index (χ3n) is 0.549. The zero-order chi connectivity index (χ0) is 29.0. The van der Waals surface area contributed by atoms with E-state index in [1.54, 1.807) is 0 Å². The second kappa shape index (κ2) is 23.9. The van der Waals surface area contributed by atoms with Crippen molar-refractivity contribution < 1.29 is 117 Å². The van der Waals surface area contributed by atoms with Gasteiger partial charge in [0.15, 0.2) is 0 Å². The monoisotopic (exact) mass is 571 g/mol. The summed E-state index contributed by atoms with van der Waals surface area (Å²) in [5, 5.41) is 44.3. The minimum atomic E-state index is -4.64. The van der Waals surface area contributed by atoms with Crippen LogP contribution in [-0.2, 0) is 42.5 Å². The molecule has 0 saturated heterocycles. The molecular weight excluding hydrogens is 556 g/mol. The standard InChI is InChI=1S/3C2H2O4.Li.3H3O4P/c3*3-1(4)2(5)6;;3*1-5(2,3)4/h3*(H,3,4)(H,5,6);;3*(H3,1,2,3,4). The molecule has 28 heteroatoms. The number of hydrogen-bond acceptors (Lipinski definition) is 9. The molecule has 15 N–H and O–H groups in total. The Bertz CT molecular complexity index is 615. The number of aliphatic carboxylic acids is 6. The van der Waals surface area contributed by atoms with Gasteiger partial charge >= 0.3 is 59.3 Å². The van der Waals surface area contributed by atoms with E-state index in [1.807, 2.05) is 0 Å². The third-order valence-corrected chi connectivity index (χ3v) is 0.549. The maximum absolute atomic E-state index is 9.10. The van der Waals surface area contributed by atoms with Gasteiger partial charge < -0.3 is 74.7 Å². The van der Waals surface area contributed by atoms with E-state index in [2.05, 4.69) is 0 Å². The summed E-state index contributed by atoms with van der Waals surface area (Å²) in [6.07, 6.45) is 0. The molecule has 0 aromatic carbocycles. The van der Waals surface area contributed by atoms with Gasteiger partial charge in [-0.25, -0.2) is 42.5 Å². The molecule has 0 aromatic rings. The van der Waals surface area contributed by atoms with Crippen molar-refractivity contribution in [2.24, 2.45) is 0 Å². The van der Waals surface area contributed by atoms with Crippen molar-refractivity contribution in [2.75, 3.05) is 0 Å². The first-order chi connectivity index (χ1) is 13.9. The average molecular weight is 571 g/mol. The van der Waals surface area contributed by atoms with Crippen LogP contribution in [0.2, 0.25) is 0 Å². The van der Waals surface area contributed by atoms with Crippen molar-refractivity contribution in [1.82, 2.24) is 0 Å². The molecule has 199 valence electrons. The van der Waals surface area contributed by atoms with E-state index in [0.717, 1.165) is 0 Å². The molecule has 34 heavy (non-hydrogen) atoms. The van der Waals surface area contributed by atoms with Crippen molar-refractivity contribution in [3.05, 3.63) is 0 Å². The maximum Gasteiger partial charge on any atom is 0.466 e. The van der Waals surface area contributed by atoms with Crippen molar-refractivity contribution in [1.29, 1.82) is 0 Å². The molecule has 0 atom stereocenters. The van der Waals surface area contributed by atoms with Crippen molar-refractivity contribution in [3.8, 4) is 0 Å². The normalized spacial score (nSPS) is 9.09. The first-order valence-electron chi connectivity index (χ1n) is 5.66. The van der Waals surface area contributed by atoms with Crippen LogP contribution in [-0.4, -0.2) is 129 Å². The molecule has 0 aliphatic heterocycles. The van der Waals surface area contributed by atoms with Crippen LogP contribution in [0, 0.1) is 0 Å². The Kier molecular flexibility index (Phi) is 34.4. The summed E-state index contributed by atoms with van der Waals surface area (Å²) in [6.45, 7) is 0. The molecule has 0 fully saturated rings. The third kappa shape index (κ3) is 259. The minimum absolute atomic E-state index is 0. The van der Waals surface area contributed by atoms with Gasteiger partial charge in [-0.3, -0.25) is 0 Å². The van der Waals surface area contributed by atoms with Crippen LogP contribution in [0.25, 0.3) is 0 Å². The van der Waals surface area contributed by atoms with Crippen LogP contribution in [0.4, 0.5) is 0 Å². The summed E-state index contributed by atoms with van der Waals surface area (Å²) >= 11 is 0. The molecule has 0 amide bonds. The zero-order valence-corrected chi connectivity index (χ0v) is 18.4. The Morgan fingerprint density at radius 3 is 0.353 bits per heavy atom. The number of rotatable bonds is 0. The molecule has 0 spiro atoms. The fourth-order valence-corrected chi connectivity index (χ4v) is 0. The summed E-state index contributed by atoms with van der Waals surface area (Å²) in [5.41, 5.74) is 0. The molecule has 0 saturated carbocycles. The van der Waals surface area contributed by atoms with Crippen LogP contribution in [0.3, 0.4) is 0 Å². The van der Waals surface area contributed by atoms with Gasteiger partial charge in [-0.15, -0.1) is 0 Å². The second-order valence-corrected chi connectivity index (χ2v) is 6.45. The second-order valence-electron chi connectivity index (χ2n) is 3.37. The van der Waals surface area contributed by atoms with E-state index in [9.17, 15) is 0 Å². The predicted molar refractivity (Wildman–Crippen MR) is 94.4 cm³/mol. The number of carboxylic acid groups (broad SMARTS) is 6. The molecule has 0 unspecified atom stereocenters. The van der Waals surface area contributed by atoms with Crippen molar-refractivity contribution in [2.45, 2.75) is 0 Å². The van der Waals surface area contributed by atoms with Crippen molar-refractivity contribution in [3.63, 3.8) is 0 Å². The molecule has 1 radical (unpaired) electrons. The van der Waals surface area contributed by atoms with E-state index in [0.29, 0.717) is 0 Å². The van der Waals surface area contributed by atoms with Gasteiger partial charge in [0.25, 0.3) is 0 Å². The number of carbonyl (C=O) groups is 6. The Morgan fingerprint density at radius 1 is 0.324 bits per heavy atom. The van der Waals surface area contributed by atoms with E-state index in [1.165, 1.54) is 0 Å². The zero-order valence-electron chi connectivity index (χ0n) is 15.7. The molecule has 24 nitrogen and oxygen atoms in total.